The molecule has 0 bridgehead atoms. The predicted molar refractivity (Wildman–Crippen MR) is 69.0 cm³/mol. The molecule has 0 unspecified atom stereocenters. The highest BCUT2D eigenvalue weighted by Gasteiger charge is 2.21. The van der Waals surface area contributed by atoms with Crippen LogP contribution in [0, 0.1) is 6.92 Å². The lowest BCUT2D eigenvalue weighted by Gasteiger charge is -2.31. The summed E-state index contributed by atoms with van der Waals surface area (Å²) in [6.45, 7) is 5.19. The number of nitrogens with zero attached hydrogens (tertiary/aromatic N) is 3. The summed E-state index contributed by atoms with van der Waals surface area (Å²) in [5, 5.41) is 0. The van der Waals surface area contributed by atoms with Crippen LogP contribution in [0.25, 0.3) is 0 Å². The van der Waals surface area contributed by atoms with Gasteiger partial charge in [-0.15, -0.1) is 0 Å². The average molecular weight is 249 g/mol. The van der Waals surface area contributed by atoms with E-state index < -0.39 is 0 Å². The number of piperidine rings is 1. The van der Waals surface area contributed by atoms with Gasteiger partial charge in [0.05, 0.1) is 17.4 Å². The van der Waals surface area contributed by atoms with Gasteiger partial charge in [-0.2, -0.15) is 0 Å². The zero-order valence-electron chi connectivity index (χ0n) is 11.1. The zero-order chi connectivity index (χ0) is 13.1. The normalized spacial score (nSPS) is 16.9. The largest absolute Gasteiger partial charge is 0.381 e. The van der Waals surface area contributed by atoms with Crippen LogP contribution < -0.4 is 4.90 Å². The molecule has 0 N–H and O–H groups in total. The van der Waals surface area contributed by atoms with Gasteiger partial charge in [-0.05, 0) is 26.7 Å². The highest BCUT2D eigenvalue weighted by atomic mass is 16.5. The maximum absolute atomic E-state index is 11.3. The molecule has 98 valence electrons. The fourth-order valence-corrected chi connectivity index (χ4v) is 2.24. The number of aromatic nitrogens is 2. The van der Waals surface area contributed by atoms with Crippen molar-refractivity contribution in [1.29, 1.82) is 0 Å². The van der Waals surface area contributed by atoms with Gasteiger partial charge in [0.15, 0.2) is 5.78 Å². The van der Waals surface area contributed by atoms with Gasteiger partial charge < -0.3 is 9.64 Å². The number of carbonyl (C=O) groups is 1. The number of rotatable bonds is 3. The van der Waals surface area contributed by atoms with Crippen molar-refractivity contribution < 1.29 is 9.53 Å². The van der Waals surface area contributed by atoms with Gasteiger partial charge in [-0.1, -0.05) is 0 Å². The third-order valence-corrected chi connectivity index (χ3v) is 3.40. The minimum Gasteiger partial charge on any atom is -0.381 e. The average Bonchev–Trinajstić information content (AvgIpc) is 2.38. The number of methoxy groups -OCH3 is 1. The van der Waals surface area contributed by atoms with E-state index in [2.05, 4.69) is 14.9 Å². The summed E-state index contributed by atoms with van der Waals surface area (Å²) >= 11 is 0. The number of carbonyl (C=O) groups excluding carboxylic acids is 1. The Bertz CT molecular complexity index is 440. The summed E-state index contributed by atoms with van der Waals surface area (Å²) in [6.07, 6.45) is 3.96. The second kappa shape index (κ2) is 5.44. The van der Waals surface area contributed by atoms with Crippen LogP contribution in [0.4, 0.5) is 5.95 Å². The first-order valence-electron chi connectivity index (χ1n) is 6.24. The molecule has 1 aliphatic heterocycles. The quantitative estimate of drug-likeness (QED) is 0.762. The van der Waals surface area contributed by atoms with Gasteiger partial charge in [0.1, 0.15) is 0 Å². The molecule has 1 aliphatic rings. The first kappa shape index (κ1) is 13.0. The number of hydrogen-bond donors (Lipinski definition) is 0. The summed E-state index contributed by atoms with van der Waals surface area (Å²) in [5.41, 5.74) is 1.35. The van der Waals surface area contributed by atoms with Crippen LogP contribution in [0.5, 0.6) is 0 Å². The summed E-state index contributed by atoms with van der Waals surface area (Å²) in [4.78, 5) is 22.2. The Morgan fingerprint density at radius 2 is 2.11 bits per heavy atom. The van der Waals surface area contributed by atoms with E-state index in [0.29, 0.717) is 17.6 Å². The van der Waals surface area contributed by atoms with E-state index in [1.54, 1.807) is 13.3 Å². The molecule has 18 heavy (non-hydrogen) atoms. The Kier molecular flexibility index (Phi) is 3.91. The van der Waals surface area contributed by atoms with Crippen molar-refractivity contribution in [3.8, 4) is 0 Å². The molecule has 5 nitrogen and oxygen atoms in total. The molecule has 2 heterocycles. The van der Waals surface area contributed by atoms with Gasteiger partial charge >= 0.3 is 0 Å². The Morgan fingerprint density at radius 3 is 2.61 bits per heavy atom. The second-order valence-corrected chi connectivity index (χ2v) is 4.65. The van der Waals surface area contributed by atoms with E-state index in [0.717, 1.165) is 31.6 Å². The van der Waals surface area contributed by atoms with Crippen LogP contribution in [-0.4, -0.2) is 42.1 Å². The third-order valence-electron chi connectivity index (χ3n) is 3.40. The maximum atomic E-state index is 11.3. The monoisotopic (exact) mass is 249 g/mol. The summed E-state index contributed by atoms with van der Waals surface area (Å²) in [5.74, 6) is 0.726. The Hall–Kier alpha value is -1.49. The van der Waals surface area contributed by atoms with Crippen molar-refractivity contribution in [3.63, 3.8) is 0 Å². The first-order chi connectivity index (χ1) is 8.61. The van der Waals surface area contributed by atoms with Crippen LogP contribution in [0.1, 0.15) is 35.8 Å². The van der Waals surface area contributed by atoms with Crippen LogP contribution in [-0.2, 0) is 4.74 Å². The number of anilines is 1. The zero-order valence-corrected chi connectivity index (χ0v) is 11.1. The molecule has 0 atom stereocenters. The second-order valence-electron chi connectivity index (χ2n) is 4.65. The number of aryl methyl sites for hydroxylation is 1. The number of hydrogen-bond acceptors (Lipinski definition) is 5. The molecule has 2 rings (SSSR count). The molecule has 0 aromatic carbocycles. The molecular formula is C13H19N3O2. The van der Waals surface area contributed by atoms with Crippen LogP contribution in [0.15, 0.2) is 6.20 Å². The smallest absolute Gasteiger partial charge is 0.225 e. The molecule has 1 saturated heterocycles. The minimum absolute atomic E-state index is 0.0112. The topological polar surface area (TPSA) is 55.3 Å². The SMILES string of the molecule is COC1CCN(c2ncc(C(C)=O)c(C)n2)CC1. The van der Waals surface area contributed by atoms with Gasteiger partial charge in [-0.25, -0.2) is 9.97 Å². The lowest BCUT2D eigenvalue weighted by molar-refractivity contribution is 0.0816. The number of Topliss-reactive ketones (excluding diaryl/α,β-unsaturated/α-hetero) is 1. The van der Waals surface area contributed by atoms with Crippen molar-refractivity contribution in [2.75, 3.05) is 25.1 Å². The highest BCUT2D eigenvalue weighted by Crippen LogP contribution is 2.18. The molecule has 0 radical (unpaired) electrons. The molecule has 0 saturated carbocycles. The van der Waals surface area contributed by atoms with Gasteiger partial charge in [0.2, 0.25) is 5.95 Å². The van der Waals surface area contributed by atoms with Crippen molar-refractivity contribution in [2.45, 2.75) is 32.8 Å². The van der Waals surface area contributed by atoms with E-state index >= 15 is 0 Å². The summed E-state index contributed by atoms with van der Waals surface area (Å²) in [6, 6.07) is 0. The van der Waals surface area contributed by atoms with E-state index in [4.69, 9.17) is 4.74 Å². The highest BCUT2D eigenvalue weighted by molar-refractivity contribution is 5.94. The summed E-state index contributed by atoms with van der Waals surface area (Å²) in [7, 11) is 1.75. The molecule has 0 amide bonds. The van der Waals surface area contributed by atoms with Crippen LogP contribution in [0.3, 0.4) is 0 Å². The van der Waals surface area contributed by atoms with Crippen molar-refractivity contribution in [3.05, 3.63) is 17.5 Å². The van der Waals surface area contributed by atoms with E-state index in [-0.39, 0.29) is 5.78 Å². The molecule has 0 spiro atoms. The lowest BCUT2D eigenvalue weighted by Crippen LogP contribution is -2.37. The standard InChI is InChI=1S/C13H19N3O2/c1-9-12(10(2)17)8-14-13(15-9)16-6-4-11(18-3)5-7-16/h8,11H,4-7H2,1-3H3. The number of ether oxygens (including phenoxy) is 1. The molecule has 0 aliphatic carbocycles. The molecular weight excluding hydrogens is 230 g/mol. The fourth-order valence-electron chi connectivity index (χ4n) is 2.24. The maximum Gasteiger partial charge on any atom is 0.225 e. The van der Waals surface area contributed by atoms with Crippen molar-refractivity contribution in [2.24, 2.45) is 0 Å². The molecule has 5 heteroatoms. The van der Waals surface area contributed by atoms with Gasteiger partial charge in [-0.3, -0.25) is 4.79 Å². The van der Waals surface area contributed by atoms with Gasteiger partial charge in [0.25, 0.3) is 0 Å². The van der Waals surface area contributed by atoms with Crippen molar-refractivity contribution >= 4 is 11.7 Å². The van der Waals surface area contributed by atoms with E-state index in [1.807, 2.05) is 6.92 Å². The van der Waals surface area contributed by atoms with E-state index in [9.17, 15) is 4.79 Å². The van der Waals surface area contributed by atoms with Crippen LogP contribution >= 0.6 is 0 Å². The van der Waals surface area contributed by atoms with Crippen molar-refractivity contribution in [1.82, 2.24) is 9.97 Å². The number of ketones is 1. The minimum atomic E-state index is 0.0112. The Balaban J connectivity index is 2.11. The Labute approximate surface area is 107 Å². The van der Waals surface area contributed by atoms with Gasteiger partial charge in [0, 0.05) is 26.4 Å². The molecule has 1 fully saturated rings. The Morgan fingerprint density at radius 1 is 1.44 bits per heavy atom. The molecule has 1 aromatic heterocycles. The third kappa shape index (κ3) is 2.67. The first-order valence-corrected chi connectivity index (χ1v) is 6.24. The fraction of sp³-hybridized carbons (Fsp3) is 0.615. The molecule has 1 aromatic rings. The lowest BCUT2D eigenvalue weighted by atomic mass is 10.1. The van der Waals surface area contributed by atoms with Crippen LogP contribution in [0.2, 0.25) is 0 Å². The summed E-state index contributed by atoms with van der Waals surface area (Å²) < 4.78 is 5.34. The van der Waals surface area contributed by atoms with E-state index in [1.165, 1.54) is 6.92 Å². The predicted octanol–water partition coefficient (Wildman–Crippen LogP) is 1.60.